The molecule has 4 heterocycles. The van der Waals surface area contributed by atoms with Gasteiger partial charge in [-0.1, -0.05) is 26.8 Å². The van der Waals surface area contributed by atoms with Crippen LogP contribution >= 0.6 is 0 Å². The van der Waals surface area contributed by atoms with Crippen molar-refractivity contribution in [1.82, 2.24) is 29.8 Å². The van der Waals surface area contributed by atoms with E-state index < -0.39 is 18.3 Å². The number of piperidine rings is 1. The van der Waals surface area contributed by atoms with Gasteiger partial charge in [0.25, 0.3) is 6.43 Å². The summed E-state index contributed by atoms with van der Waals surface area (Å²) in [5.41, 5.74) is 0.431. The lowest BCUT2D eigenvalue weighted by Crippen LogP contribution is -2.51. The number of hydrogen-bond acceptors (Lipinski definition) is 9. The lowest BCUT2D eigenvalue weighted by Gasteiger charge is -2.41. The van der Waals surface area contributed by atoms with Crippen LogP contribution in [0.25, 0.3) is 17.0 Å². The average Bonchev–Trinajstić information content (AvgIpc) is 3.36. The van der Waals surface area contributed by atoms with Gasteiger partial charge in [0.15, 0.2) is 5.82 Å². The minimum atomic E-state index is -2.88. The van der Waals surface area contributed by atoms with E-state index in [0.717, 1.165) is 0 Å². The fraction of sp³-hybridized carbons (Fsp3) is 0.593. The molecule has 2 aliphatic heterocycles. The first-order chi connectivity index (χ1) is 19.6. The van der Waals surface area contributed by atoms with Crippen molar-refractivity contribution in [3.05, 3.63) is 24.0 Å². The van der Waals surface area contributed by atoms with Gasteiger partial charge in [-0.2, -0.15) is 15.0 Å². The molecule has 1 amide bonds. The standard InChI is InChI=1S/C27H36F2N8O4/c1-27(2,3)20(31-26(38)39)16-8-10-35(11-9-16)23-32-24(36-12-14-41-15-13-36)34-25(33-23)37-17-6-5-7-18(40-4)19(17)30-22(37)21(28)29/h5-7,16,20-21,31H,8-15H2,1-4H3,(H,38,39). The molecule has 41 heavy (non-hydrogen) atoms. The second kappa shape index (κ2) is 11.6. The van der Waals surface area contributed by atoms with Gasteiger partial charge < -0.3 is 29.7 Å². The maximum absolute atomic E-state index is 14.3. The van der Waals surface area contributed by atoms with Crippen molar-refractivity contribution >= 4 is 29.0 Å². The predicted octanol–water partition coefficient (Wildman–Crippen LogP) is 3.89. The minimum absolute atomic E-state index is 0.0461. The van der Waals surface area contributed by atoms with Gasteiger partial charge in [0, 0.05) is 32.2 Å². The summed E-state index contributed by atoms with van der Waals surface area (Å²) in [5.74, 6) is 0.805. The van der Waals surface area contributed by atoms with E-state index in [2.05, 4.69) is 15.3 Å². The number of amides is 1. The Bertz CT molecular complexity index is 1380. The van der Waals surface area contributed by atoms with E-state index in [1.807, 2.05) is 30.6 Å². The predicted molar refractivity (Wildman–Crippen MR) is 148 cm³/mol. The van der Waals surface area contributed by atoms with Crippen molar-refractivity contribution in [2.24, 2.45) is 11.3 Å². The van der Waals surface area contributed by atoms with E-state index in [0.29, 0.717) is 80.9 Å². The third kappa shape index (κ3) is 5.97. The van der Waals surface area contributed by atoms with Crippen LogP contribution in [0.15, 0.2) is 18.2 Å². The monoisotopic (exact) mass is 574 g/mol. The average molecular weight is 575 g/mol. The third-order valence-electron chi connectivity index (χ3n) is 7.69. The highest BCUT2D eigenvalue weighted by molar-refractivity contribution is 5.84. The van der Waals surface area contributed by atoms with E-state index in [-0.39, 0.29) is 23.3 Å². The van der Waals surface area contributed by atoms with Crippen molar-refractivity contribution in [3.63, 3.8) is 0 Å². The number of carbonyl (C=O) groups is 1. The second-order valence-corrected chi connectivity index (χ2v) is 11.4. The quantitative estimate of drug-likeness (QED) is 0.429. The number of carboxylic acid groups (broad SMARTS) is 1. The molecule has 1 unspecified atom stereocenters. The molecule has 2 saturated heterocycles. The number of benzene rings is 1. The zero-order valence-electron chi connectivity index (χ0n) is 23.7. The van der Waals surface area contributed by atoms with Gasteiger partial charge in [0.1, 0.15) is 11.3 Å². The summed E-state index contributed by atoms with van der Waals surface area (Å²) in [6.45, 7) is 9.34. The smallest absolute Gasteiger partial charge is 0.404 e. The van der Waals surface area contributed by atoms with Crippen molar-refractivity contribution in [3.8, 4) is 11.7 Å². The number of nitrogens with zero attached hydrogens (tertiary/aromatic N) is 7. The summed E-state index contributed by atoms with van der Waals surface area (Å²) in [4.78, 5) is 33.8. The van der Waals surface area contributed by atoms with Gasteiger partial charge in [-0.05, 0) is 36.3 Å². The fourth-order valence-electron chi connectivity index (χ4n) is 5.71. The molecule has 0 aliphatic carbocycles. The molecule has 222 valence electrons. The number of rotatable bonds is 7. The molecule has 2 N–H and O–H groups in total. The van der Waals surface area contributed by atoms with Crippen molar-refractivity contribution in [2.45, 2.75) is 46.1 Å². The Kier molecular flexibility index (Phi) is 8.11. The zero-order valence-corrected chi connectivity index (χ0v) is 23.7. The first kappa shape index (κ1) is 28.7. The van der Waals surface area contributed by atoms with Crippen molar-refractivity contribution in [2.75, 3.05) is 56.3 Å². The Morgan fingerprint density at radius 1 is 1.02 bits per heavy atom. The number of alkyl halides is 2. The maximum Gasteiger partial charge on any atom is 0.404 e. The van der Waals surface area contributed by atoms with E-state index >= 15 is 0 Å². The van der Waals surface area contributed by atoms with Crippen LogP contribution in [0.2, 0.25) is 0 Å². The molecule has 0 radical (unpaired) electrons. The van der Waals surface area contributed by atoms with Crippen LogP contribution in [-0.2, 0) is 4.74 Å². The number of methoxy groups -OCH3 is 1. The highest BCUT2D eigenvalue weighted by Gasteiger charge is 2.36. The summed E-state index contributed by atoms with van der Waals surface area (Å²) >= 11 is 0. The molecule has 2 aliphatic rings. The third-order valence-corrected chi connectivity index (χ3v) is 7.69. The zero-order chi connectivity index (χ0) is 29.3. The number of halogens is 2. The molecule has 2 fully saturated rings. The molecule has 14 heteroatoms. The number of aromatic nitrogens is 5. The summed E-state index contributed by atoms with van der Waals surface area (Å²) in [7, 11) is 1.47. The summed E-state index contributed by atoms with van der Waals surface area (Å²) < 4.78 is 40.8. The van der Waals surface area contributed by atoms with Crippen LogP contribution in [0.5, 0.6) is 5.75 Å². The first-order valence-electron chi connectivity index (χ1n) is 13.7. The Balaban J connectivity index is 1.54. The van der Waals surface area contributed by atoms with Crippen LogP contribution < -0.4 is 19.9 Å². The Morgan fingerprint density at radius 3 is 2.20 bits per heavy atom. The van der Waals surface area contributed by atoms with Gasteiger partial charge in [0.2, 0.25) is 17.8 Å². The number of para-hydroxylation sites is 1. The molecule has 0 saturated carbocycles. The number of imidazole rings is 1. The molecule has 1 atom stereocenters. The Labute approximate surface area is 236 Å². The highest BCUT2D eigenvalue weighted by atomic mass is 19.3. The number of ether oxygens (including phenoxy) is 2. The normalized spacial score (nSPS) is 17.7. The fourth-order valence-corrected chi connectivity index (χ4v) is 5.71. The van der Waals surface area contributed by atoms with Crippen molar-refractivity contribution in [1.29, 1.82) is 0 Å². The van der Waals surface area contributed by atoms with Gasteiger partial charge >= 0.3 is 6.09 Å². The Hall–Kier alpha value is -3.81. The maximum atomic E-state index is 14.3. The molecule has 3 aromatic rings. The largest absolute Gasteiger partial charge is 0.494 e. The molecule has 12 nitrogen and oxygen atoms in total. The first-order valence-corrected chi connectivity index (χ1v) is 13.7. The highest BCUT2D eigenvalue weighted by Crippen LogP contribution is 2.35. The molecular weight excluding hydrogens is 538 g/mol. The van der Waals surface area contributed by atoms with Crippen LogP contribution in [0.4, 0.5) is 25.5 Å². The van der Waals surface area contributed by atoms with Gasteiger partial charge in [0.05, 0.1) is 25.8 Å². The summed E-state index contributed by atoms with van der Waals surface area (Å²) in [5, 5.41) is 12.1. The van der Waals surface area contributed by atoms with Crippen LogP contribution in [-0.4, -0.2) is 88.2 Å². The van der Waals surface area contributed by atoms with Gasteiger partial charge in [-0.3, -0.25) is 4.57 Å². The Morgan fingerprint density at radius 2 is 1.63 bits per heavy atom. The molecule has 0 bridgehead atoms. The molecular formula is C27H36F2N8O4. The summed E-state index contributed by atoms with van der Waals surface area (Å²) in [6.07, 6.45) is -2.50. The van der Waals surface area contributed by atoms with Gasteiger partial charge in [-0.25, -0.2) is 18.6 Å². The number of anilines is 2. The molecule has 1 aromatic carbocycles. The number of fused-ring (bicyclic) bond motifs is 1. The van der Waals surface area contributed by atoms with E-state index in [1.54, 1.807) is 18.2 Å². The van der Waals surface area contributed by atoms with Crippen molar-refractivity contribution < 1.29 is 28.2 Å². The van der Waals surface area contributed by atoms with E-state index in [1.165, 1.54) is 11.7 Å². The lowest BCUT2D eigenvalue weighted by molar-refractivity contribution is 0.122. The second-order valence-electron chi connectivity index (χ2n) is 11.4. The van der Waals surface area contributed by atoms with E-state index in [4.69, 9.17) is 19.4 Å². The number of hydrogen-bond donors (Lipinski definition) is 2. The molecule has 2 aromatic heterocycles. The summed E-state index contributed by atoms with van der Waals surface area (Å²) in [6, 6.07) is 4.84. The number of nitrogens with one attached hydrogen (secondary N) is 1. The SMILES string of the molecule is COc1cccc2c1nc(C(F)F)n2-c1nc(N2CCOCC2)nc(N2CCC(C(NC(=O)O)C(C)(C)C)CC2)n1. The number of morpholine rings is 1. The van der Waals surface area contributed by atoms with Gasteiger partial charge in [-0.15, -0.1) is 0 Å². The minimum Gasteiger partial charge on any atom is -0.494 e. The van der Waals surface area contributed by atoms with Crippen LogP contribution in [0, 0.1) is 11.3 Å². The van der Waals surface area contributed by atoms with E-state index in [9.17, 15) is 18.7 Å². The molecule has 5 rings (SSSR count). The lowest BCUT2D eigenvalue weighted by atomic mass is 9.75. The van der Waals surface area contributed by atoms with Crippen LogP contribution in [0.3, 0.4) is 0 Å². The van der Waals surface area contributed by atoms with Crippen LogP contribution in [0.1, 0.15) is 45.9 Å². The molecule has 0 spiro atoms. The topological polar surface area (TPSA) is 131 Å².